The van der Waals surface area contributed by atoms with Crippen molar-refractivity contribution < 1.29 is 13.8 Å². The molecule has 0 unspecified atom stereocenters. The Hall–Kier alpha value is -3.61. The molecule has 0 radical (unpaired) electrons. The van der Waals surface area contributed by atoms with Gasteiger partial charge in [-0.15, -0.1) is 0 Å². The standard InChI is InChI=1S/C19H15N3O4/c23-22(24)19-11-10-16(26-19)9-8-14-13-17(18-7-4-12-25-18)21(20-14)15-5-2-1-3-6-15/h1-12,17H,13H2/b9-8+/t17-/m1/s1. The first-order chi connectivity index (χ1) is 12.7. The number of allylic oxidation sites excluding steroid dienone is 1. The van der Waals surface area contributed by atoms with Crippen molar-refractivity contribution in [1.29, 1.82) is 0 Å². The molecular formula is C19H15N3O4. The van der Waals surface area contributed by atoms with Gasteiger partial charge in [0.25, 0.3) is 0 Å². The lowest BCUT2D eigenvalue weighted by atomic mass is 10.1. The minimum Gasteiger partial charge on any atom is -0.467 e. The maximum Gasteiger partial charge on any atom is 0.433 e. The normalized spacial score (nSPS) is 17.0. The second-order valence-corrected chi connectivity index (χ2v) is 5.77. The van der Waals surface area contributed by atoms with Crippen molar-refractivity contribution in [1.82, 2.24) is 0 Å². The fraction of sp³-hybridized carbons (Fsp3) is 0.105. The molecule has 26 heavy (non-hydrogen) atoms. The molecule has 1 aliphatic heterocycles. The Morgan fingerprint density at radius 3 is 2.65 bits per heavy atom. The third-order valence-corrected chi connectivity index (χ3v) is 4.06. The predicted molar refractivity (Wildman–Crippen MR) is 96.8 cm³/mol. The number of nitro groups is 1. The minimum absolute atomic E-state index is 0.0435. The highest BCUT2D eigenvalue weighted by molar-refractivity contribution is 6.00. The van der Waals surface area contributed by atoms with Gasteiger partial charge in [-0.25, -0.2) is 0 Å². The third-order valence-electron chi connectivity index (χ3n) is 4.06. The highest BCUT2D eigenvalue weighted by Gasteiger charge is 2.30. The van der Waals surface area contributed by atoms with E-state index in [1.807, 2.05) is 47.5 Å². The van der Waals surface area contributed by atoms with Gasteiger partial charge in [-0.2, -0.15) is 5.10 Å². The van der Waals surface area contributed by atoms with Crippen LogP contribution in [-0.2, 0) is 0 Å². The molecule has 2 aromatic heterocycles. The zero-order valence-corrected chi connectivity index (χ0v) is 13.7. The molecule has 0 saturated carbocycles. The van der Waals surface area contributed by atoms with E-state index in [4.69, 9.17) is 8.83 Å². The summed E-state index contributed by atoms with van der Waals surface area (Å²) in [6.45, 7) is 0. The molecular weight excluding hydrogens is 334 g/mol. The minimum atomic E-state index is -0.561. The van der Waals surface area contributed by atoms with E-state index in [2.05, 4.69) is 5.10 Å². The number of hydrogen-bond acceptors (Lipinski definition) is 6. The zero-order valence-electron chi connectivity index (χ0n) is 13.7. The Morgan fingerprint density at radius 2 is 1.96 bits per heavy atom. The molecule has 0 bridgehead atoms. The molecule has 1 aliphatic rings. The number of furan rings is 2. The fourth-order valence-electron chi connectivity index (χ4n) is 2.86. The van der Waals surface area contributed by atoms with Crippen LogP contribution in [0.25, 0.3) is 6.08 Å². The van der Waals surface area contributed by atoms with E-state index in [9.17, 15) is 10.1 Å². The molecule has 0 spiro atoms. The van der Waals surface area contributed by atoms with Crippen molar-refractivity contribution in [3.05, 3.63) is 88.6 Å². The van der Waals surface area contributed by atoms with Gasteiger partial charge in [0.2, 0.25) is 0 Å². The molecule has 0 N–H and O–H groups in total. The van der Waals surface area contributed by atoms with Crippen LogP contribution in [0.3, 0.4) is 0 Å². The number of hydrogen-bond donors (Lipinski definition) is 0. The topological polar surface area (TPSA) is 85.0 Å². The van der Waals surface area contributed by atoms with Crippen LogP contribution in [0.5, 0.6) is 0 Å². The van der Waals surface area contributed by atoms with Crippen molar-refractivity contribution >= 4 is 23.4 Å². The Balaban J connectivity index is 1.60. The van der Waals surface area contributed by atoms with Crippen LogP contribution < -0.4 is 5.01 Å². The number of rotatable bonds is 5. The van der Waals surface area contributed by atoms with Crippen molar-refractivity contribution in [3.63, 3.8) is 0 Å². The molecule has 7 nitrogen and oxygen atoms in total. The molecule has 0 fully saturated rings. The van der Waals surface area contributed by atoms with Gasteiger partial charge in [-0.3, -0.25) is 15.1 Å². The molecule has 7 heteroatoms. The SMILES string of the molecule is O=[N+]([O-])c1ccc(/C=C/C2=NN(c3ccccc3)[C@@H](c3ccco3)C2)o1. The molecule has 0 amide bonds. The summed E-state index contributed by atoms with van der Waals surface area (Å²) in [6.07, 6.45) is 5.79. The van der Waals surface area contributed by atoms with Gasteiger partial charge in [-0.1, -0.05) is 18.2 Å². The molecule has 3 aromatic rings. The Morgan fingerprint density at radius 1 is 1.12 bits per heavy atom. The first-order valence-corrected chi connectivity index (χ1v) is 8.08. The van der Waals surface area contributed by atoms with Crippen LogP contribution in [0, 0.1) is 10.1 Å². The van der Waals surface area contributed by atoms with E-state index in [1.165, 1.54) is 6.07 Å². The Kier molecular flexibility index (Phi) is 4.10. The lowest BCUT2D eigenvalue weighted by Gasteiger charge is -2.21. The number of hydrazone groups is 1. The first-order valence-electron chi connectivity index (χ1n) is 8.08. The molecule has 0 saturated heterocycles. The summed E-state index contributed by atoms with van der Waals surface area (Å²) in [6, 6.07) is 16.5. The third kappa shape index (κ3) is 3.14. The summed E-state index contributed by atoms with van der Waals surface area (Å²) < 4.78 is 10.7. The zero-order chi connectivity index (χ0) is 17.9. The molecule has 1 aromatic carbocycles. The number of nitrogens with zero attached hydrogens (tertiary/aromatic N) is 3. The van der Waals surface area contributed by atoms with E-state index in [-0.39, 0.29) is 11.9 Å². The summed E-state index contributed by atoms with van der Waals surface area (Å²) in [4.78, 5) is 10.1. The van der Waals surface area contributed by atoms with Gasteiger partial charge < -0.3 is 8.83 Å². The Bertz CT molecular complexity index is 958. The maximum atomic E-state index is 10.7. The van der Waals surface area contributed by atoms with Gasteiger partial charge in [0, 0.05) is 6.42 Å². The van der Waals surface area contributed by atoms with Crippen LogP contribution in [-0.4, -0.2) is 10.6 Å². The van der Waals surface area contributed by atoms with E-state index in [0.29, 0.717) is 12.2 Å². The molecule has 0 aliphatic carbocycles. The Labute approximate surface area is 149 Å². The van der Waals surface area contributed by atoms with Gasteiger partial charge in [0.1, 0.15) is 22.5 Å². The number of benzene rings is 1. The summed E-state index contributed by atoms with van der Waals surface area (Å²) >= 11 is 0. The van der Waals surface area contributed by atoms with Gasteiger partial charge in [0.15, 0.2) is 0 Å². The van der Waals surface area contributed by atoms with Crippen LogP contribution in [0.15, 0.2) is 80.9 Å². The van der Waals surface area contributed by atoms with Crippen LogP contribution in [0.2, 0.25) is 0 Å². The summed E-state index contributed by atoms with van der Waals surface area (Å²) in [5.74, 6) is 0.958. The first kappa shape index (κ1) is 15.9. The monoisotopic (exact) mass is 349 g/mol. The largest absolute Gasteiger partial charge is 0.467 e. The van der Waals surface area contributed by atoms with E-state index < -0.39 is 4.92 Å². The van der Waals surface area contributed by atoms with Gasteiger partial charge in [-0.05, 0) is 42.5 Å². The van der Waals surface area contributed by atoms with Crippen molar-refractivity contribution in [2.75, 3.05) is 5.01 Å². The molecule has 4 rings (SSSR count). The van der Waals surface area contributed by atoms with Gasteiger partial charge >= 0.3 is 5.88 Å². The lowest BCUT2D eigenvalue weighted by molar-refractivity contribution is -0.402. The maximum absolute atomic E-state index is 10.7. The van der Waals surface area contributed by atoms with Crippen molar-refractivity contribution in [2.45, 2.75) is 12.5 Å². The average Bonchev–Trinajstić information content (AvgIpc) is 3.39. The highest BCUT2D eigenvalue weighted by Crippen LogP contribution is 2.35. The smallest absolute Gasteiger partial charge is 0.433 e. The summed E-state index contributed by atoms with van der Waals surface area (Å²) in [5, 5.41) is 17.3. The van der Waals surface area contributed by atoms with Crippen LogP contribution in [0.4, 0.5) is 11.6 Å². The van der Waals surface area contributed by atoms with Crippen molar-refractivity contribution in [2.24, 2.45) is 5.10 Å². The van der Waals surface area contributed by atoms with E-state index in [1.54, 1.807) is 24.5 Å². The molecule has 1 atom stereocenters. The number of para-hydroxylation sites is 1. The predicted octanol–water partition coefficient (Wildman–Crippen LogP) is 4.80. The molecule has 3 heterocycles. The lowest BCUT2D eigenvalue weighted by Crippen LogP contribution is -2.17. The van der Waals surface area contributed by atoms with Crippen molar-refractivity contribution in [3.8, 4) is 0 Å². The van der Waals surface area contributed by atoms with Crippen LogP contribution in [0.1, 0.15) is 24.0 Å². The highest BCUT2D eigenvalue weighted by atomic mass is 16.6. The molecule has 130 valence electrons. The fourth-order valence-corrected chi connectivity index (χ4v) is 2.86. The van der Waals surface area contributed by atoms with E-state index >= 15 is 0 Å². The number of anilines is 1. The second kappa shape index (κ2) is 6.72. The quantitative estimate of drug-likeness (QED) is 0.488. The summed E-state index contributed by atoms with van der Waals surface area (Å²) in [5.41, 5.74) is 1.79. The summed E-state index contributed by atoms with van der Waals surface area (Å²) in [7, 11) is 0. The van der Waals surface area contributed by atoms with Crippen LogP contribution >= 0.6 is 0 Å². The average molecular weight is 349 g/mol. The van der Waals surface area contributed by atoms with E-state index in [0.717, 1.165) is 17.2 Å². The van der Waals surface area contributed by atoms with Gasteiger partial charge in [0.05, 0.1) is 23.7 Å². The second-order valence-electron chi connectivity index (χ2n) is 5.77.